The summed E-state index contributed by atoms with van der Waals surface area (Å²) < 4.78 is 0. The lowest BCUT2D eigenvalue weighted by Gasteiger charge is -2.16. The second-order valence-corrected chi connectivity index (χ2v) is 4.77. The van der Waals surface area contributed by atoms with Crippen molar-refractivity contribution in [3.63, 3.8) is 0 Å². The Morgan fingerprint density at radius 3 is 2.94 bits per heavy atom. The zero-order valence-corrected chi connectivity index (χ0v) is 10.6. The molecule has 0 saturated carbocycles. The molecule has 0 aliphatic carbocycles. The van der Waals surface area contributed by atoms with Crippen LogP contribution < -0.4 is 4.90 Å². The van der Waals surface area contributed by atoms with Gasteiger partial charge in [0.2, 0.25) is 5.91 Å². The third-order valence-corrected chi connectivity index (χ3v) is 3.66. The van der Waals surface area contributed by atoms with Crippen LogP contribution in [0.2, 0.25) is 5.02 Å². The Kier molecular flexibility index (Phi) is 3.40. The third kappa shape index (κ3) is 2.18. The maximum atomic E-state index is 11.8. The normalized spacial score (nSPS) is 20.6. The monoisotopic (exact) mass is 256 g/mol. The number of carbonyl (C=O) groups excluding carboxylic acids is 1. The molecule has 1 aromatic rings. The number of amides is 1. The molecule has 86 valence electrons. The molecule has 0 aromatic carbocycles. The lowest BCUT2D eigenvalue weighted by molar-refractivity contribution is -0.117. The Morgan fingerprint density at radius 2 is 2.38 bits per heavy atom. The predicted octanol–water partition coefficient (Wildman–Crippen LogP) is 2.33. The van der Waals surface area contributed by atoms with Gasteiger partial charge in [-0.1, -0.05) is 11.6 Å². The largest absolute Gasteiger partial charge is 0.296 e. The van der Waals surface area contributed by atoms with Gasteiger partial charge in [-0.2, -0.15) is 12.6 Å². The van der Waals surface area contributed by atoms with E-state index in [1.807, 2.05) is 6.92 Å². The molecule has 2 heterocycles. The van der Waals surface area contributed by atoms with Gasteiger partial charge in [0.05, 0.1) is 10.7 Å². The van der Waals surface area contributed by atoms with E-state index in [0.29, 0.717) is 29.7 Å². The number of carbonyl (C=O) groups is 1. The molecule has 1 saturated heterocycles. The summed E-state index contributed by atoms with van der Waals surface area (Å²) in [5, 5.41) is 0.626. The van der Waals surface area contributed by atoms with Gasteiger partial charge in [-0.05, 0) is 30.7 Å². The third-order valence-electron chi connectivity index (χ3n) is 2.75. The Balaban J connectivity index is 2.24. The van der Waals surface area contributed by atoms with E-state index < -0.39 is 0 Å². The Bertz CT molecular complexity index is 424. The van der Waals surface area contributed by atoms with Crippen LogP contribution in [0.1, 0.15) is 12.1 Å². The molecule has 1 fully saturated rings. The van der Waals surface area contributed by atoms with Crippen molar-refractivity contribution in [2.24, 2.45) is 5.92 Å². The number of hydrogen-bond acceptors (Lipinski definition) is 3. The standard InChI is InChI=1S/C11H13ClN2OS/c1-7-9(12)2-3-10(13-7)14-5-8(6-16)4-11(14)15/h2-3,8,16H,4-6H2,1H3. The van der Waals surface area contributed by atoms with Crippen LogP contribution in [-0.2, 0) is 4.79 Å². The van der Waals surface area contributed by atoms with Crippen LogP contribution in [0.15, 0.2) is 12.1 Å². The highest BCUT2D eigenvalue weighted by atomic mass is 35.5. The highest BCUT2D eigenvalue weighted by molar-refractivity contribution is 7.80. The van der Waals surface area contributed by atoms with Crippen LogP contribution in [0, 0.1) is 12.8 Å². The SMILES string of the molecule is Cc1nc(N2CC(CS)CC2=O)ccc1Cl. The lowest BCUT2D eigenvalue weighted by atomic mass is 10.1. The van der Waals surface area contributed by atoms with Gasteiger partial charge < -0.3 is 0 Å². The highest BCUT2D eigenvalue weighted by Gasteiger charge is 2.30. The summed E-state index contributed by atoms with van der Waals surface area (Å²) >= 11 is 10.1. The van der Waals surface area contributed by atoms with Crippen LogP contribution in [0.4, 0.5) is 5.82 Å². The Hall–Kier alpha value is -0.740. The minimum absolute atomic E-state index is 0.119. The summed E-state index contributed by atoms with van der Waals surface area (Å²) in [4.78, 5) is 17.8. The van der Waals surface area contributed by atoms with Crippen molar-refractivity contribution >= 4 is 36.0 Å². The molecule has 0 spiro atoms. The van der Waals surface area contributed by atoms with Crippen molar-refractivity contribution in [3.8, 4) is 0 Å². The van der Waals surface area contributed by atoms with Crippen molar-refractivity contribution < 1.29 is 4.79 Å². The first-order valence-electron chi connectivity index (χ1n) is 5.16. The molecule has 1 atom stereocenters. The molecular formula is C11H13ClN2OS. The van der Waals surface area contributed by atoms with Gasteiger partial charge in [0, 0.05) is 13.0 Å². The smallest absolute Gasteiger partial charge is 0.228 e. The molecule has 3 nitrogen and oxygen atoms in total. The van der Waals surface area contributed by atoms with Crippen molar-refractivity contribution in [2.75, 3.05) is 17.2 Å². The Labute approximate surface area is 105 Å². The van der Waals surface area contributed by atoms with Crippen molar-refractivity contribution in [1.82, 2.24) is 4.98 Å². The molecule has 1 aliphatic rings. The van der Waals surface area contributed by atoms with Gasteiger partial charge in [-0.25, -0.2) is 4.98 Å². The maximum absolute atomic E-state index is 11.8. The maximum Gasteiger partial charge on any atom is 0.228 e. The number of thiol groups is 1. The van der Waals surface area contributed by atoms with E-state index in [1.165, 1.54) is 0 Å². The van der Waals surface area contributed by atoms with E-state index in [2.05, 4.69) is 17.6 Å². The fraction of sp³-hybridized carbons (Fsp3) is 0.455. The van der Waals surface area contributed by atoms with Crippen LogP contribution in [0.25, 0.3) is 0 Å². The minimum Gasteiger partial charge on any atom is -0.296 e. The van der Waals surface area contributed by atoms with Gasteiger partial charge in [0.15, 0.2) is 0 Å². The van der Waals surface area contributed by atoms with E-state index in [0.717, 1.165) is 11.4 Å². The molecule has 1 unspecified atom stereocenters. The quantitative estimate of drug-likeness (QED) is 0.824. The van der Waals surface area contributed by atoms with E-state index in [-0.39, 0.29) is 5.91 Å². The van der Waals surface area contributed by atoms with Crippen molar-refractivity contribution in [3.05, 3.63) is 22.8 Å². The first-order chi connectivity index (χ1) is 7.61. The van der Waals surface area contributed by atoms with E-state index in [4.69, 9.17) is 11.6 Å². The molecule has 1 amide bonds. The van der Waals surface area contributed by atoms with Gasteiger partial charge >= 0.3 is 0 Å². The Morgan fingerprint density at radius 1 is 1.62 bits per heavy atom. The first-order valence-corrected chi connectivity index (χ1v) is 6.17. The summed E-state index contributed by atoms with van der Waals surface area (Å²) in [5.74, 6) is 1.87. The summed E-state index contributed by atoms with van der Waals surface area (Å²) in [5.41, 5.74) is 0.751. The molecule has 1 aromatic heterocycles. The van der Waals surface area contributed by atoms with Crippen LogP contribution in [-0.4, -0.2) is 23.2 Å². The summed E-state index contributed by atoms with van der Waals surface area (Å²) in [6.07, 6.45) is 0.562. The number of halogens is 1. The number of aryl methyl sites for hydroxylation is 1. The summed E-state index contributed by atoms with van der Waals surface area (Å²) in [6.45, 7) is 2.54. The number of pyridine rings is 1. The van der Waals surface area contributed by atoms with Gasteiger partial charge in [0.1, 0.15) is 5.82 Å². The summed E-state index contributed by atoms with van der Waals surface area (Å²) in [6, 6.07) is 3.56. The van der Waals surface area contributed by atoms with E-state index in [1.54, 1.807) is 17.0 Å². The molecule has 5 heteroatoms. The van der Waals surface area contributed by atoms with Crippen molar-refractivity contribution in [1.29, 1.82) is 0 Å². The average molecular weight is 257 g/mol. The van der Waals surface area contributed by atoms with E-state index in [9.17, 15) is 4.79 Å². The topological polar surface area (TPSA) is 33.2 Å². The molecule has 16 heavy (non-hydrogen) atoms. The molecule has 1 aliphatic heterocycles. The van der Waals surface area contributed by atoms with Crippen LogP contribution in [0.3, 0.4) is 0 Å². The fourth-order valence-corrected chi connectivity index (χ4v) is 2.16. The van der Waals surface area contributed by atoms with Gasteiger partial charge in [0.25, 0.3) is 0 Å². The first kappa shape index (κ1) is 11.7. The summed E-state index contributed by atoms with van der Waals surface area (Å²) in [7, 11) is 0. The average Bonchev–Trinajstić information content (AvgIpc) is 2.64. The van der Waals surface area contributed by atoms with E-state index >= 15 is 0 Å². The predicted molar refractivity (Wildman–Crippen MR) is 68.3 cm³/mol. The number of hydrogen-bond donors (Lipinski definition) is 1. The zero-order chi connectivity index (χ0) is 11.7. The second kappa shape index (κ2) is 4.63. The fourth-order valence-electron chi connectivity index (χ4n) is 1.81. The molecule has 0 N–H and O–H groups in total. The highest BCUT2D eigenvalue weighted by Crippen LogP contribution is 2.26. The molecule has 0 radical (unpaired) electrons. The lowest BCUT2D eigenvalue weighted by Crippen LogP contribution is -2.25. The van der Waals surface area contributed by atoms with Gasteiger partial charge in [-0.15, -0.1) is 0 Å². The molecular weight excluding hydrogens is 244 g/mol. The number of rotatable bonds is 2. The second-order valence-electron chi connectivity index (χ2n) is 3.99. The number of anilines is 1. The van der Waals surface area contributed by atoms with Crippen LogP contribution >= 0.6 is 24.2 Å². The van der Waals surface area contributed by atoms with Crippen LogP contribution in [0.5, 0.6) is 0 Å². The number of nitrogens with zero attached hydrogens (tertiary/aromatic N) is 2. The molecule has 0 bridgehead atoms. The minimum atomic E-state index is 0.119. The van der Waals surface area contributed by atoms with Crippen molar-refractivity contribution in [2.45, 2.75) is 13.3 Å². The zero-order valence-electron chi connectivity index (χ0n) is 8.98. The number of aromatic nitrogens is 1. The van der Waals surface area contributed by atoms with Gasteiger partial charge in [-0.3, -0.25) is 9.69 Å². The molecule has 2 rings (SSSR count).